The van der Waals surface area contributed by atoms with Gasteiger partial charge in [-0.05, 0) is 25.1 Å². The van der Waals surface area contributed by atoms with Crippen molar-refractivity contribution in [3.05, 3.63) is 47.8 Å². The van der Waals surface area contributed by atoms with E-state index in [9.17, 15) is 0 Å². The Labute approximate surface area is 111 Å². The zero-order valence-electron chi connectivity index (χ0n) is 10.3. The van der Waals surface area contributed by atoms with Crippen molar-refractivity contribution in [2.45, 2.75) is 17.0 Å². The van der Waals surface area contributed by atoms with Crippen LogP contribution in [0.3, 0.4) is 0 Å². The fourth-order valence-corrected chi connectivity index (χ4v) is 2.33. The summed E-state index contributed by atoms with van der Waals surface area (Å²) in [5, 5.41) is 9.69. The van der Waals surface area contributed by atoms with Crippen LogP contribution in [0.5, 0.6) is 0 Å². The van der Waals surface area contributed by atoms with Crippen LogP contribution >= 0.6 is 11.8 Å². The maximum atomic E-state index is 8.78. The molecule has 3 nitrogen and oxygen atoms in total. The first-order valence-electron chi connectivity index (χ1n) is 5.53. The molecular weight excluding hydrogens is 242 g/mol. The fourth-order valence-electron chi connectivity index (χ4n) is 1.48. The minimum atomic E-state index is 0.675. The maximum Gasteiger partial charge on any atom is 0.173 e. The van der Waals surface area contributed by atoms with Crippen LogP contribution in [-0.4, -0.2) is 9.55 Å². The van der Waals surface area contributed by atoms with Crippen LogP contribution < -0.4 is 0 Å². The van der Waals surface area contributed by atoms with Gasteiger partial charge in [-0.1, -0.05) is 30.0 Å². The zero-order chi connectivity index (χ0) is 13.0. The average Bonchev–Trinajstić information content (AvgIpc) is 2.73. The van der Waals surface area contributed by atoms with Gasteiger partial charge in [-0.3, -0.25) is 0 Å². The topological polar surface area (TPSA) is 41.6 Å². The molecule has 0 N–H and O–H groups in total. The van der Waals surface area contributed by atoms with Gasteiger partial charge in [-0.15, -0.1) is 0 Å². The molecule has 0 aliphatic rings. The molecule has 0 spiro atoms. The summed E-state index contributed by atoms with van der Waals surface area (Å²) in [7, 11) is 1.95. The number of allylic oxidation sites excluding steroid dienone is 1. The Kier molecular flexibility index (Phi) is 3.85. The van der Waals surface area contributed by atoms with Crippen molar-refractivity contribution in [2.24, 2.45) is 7.05 Å². The largest absolute Gasteiger partial charge is 0.322 e. The lowest BCUT2D eigenvalue weighted by atomic mass is 10.3. The highest BCUT2D eigenvalue weighted by Crippen LogP contribution is 2.26. The van der Waals surface area contributed by atoms with Gasteiger partial charge in [0.05, 0.1) is 18.0 Å². The molecule has 0 atom stereocenters. The van der Waals surface area contributed by atoms with E-state index in [2.05, 4.69) is 23.2 Å². The third-order valence-corrected chi connectivity index (χ3v) is 3.54. The molecule has 0 saturated carbocycles. The molecule has 4 heteroatoms. The minimum absolute atomic E-state index is 0.675. The van der Waals surface area contributed by atoms with Crippen LogP contribution in [0.2, 0.25) is 0 Å². The Morgan fingerprint density at radius 3 is 2.78 bits per heavy atom. The van der Waals surface area contributed by atoms with Gasteiger partial charge in [0.25, 0.3) is 0 Å². The third kappa shape index (κ3) is 2.82. The number of nitrogens with zero attached hydrogens (tertiary/aromatic N) is 3. The number of nitriles is 1. The van der Waals surface area contributed by atoms with E-state index in [0.29, 0.717) is 5.57 Å². The first kappa shape index (κ1) is 12.5. The molecule has 0 bridgehead atoms. The van der Waals surface area contributed by atoms with Gasteiger partial charge in [-0.25, -0.2) is 4.98 Å². The van der Waals surface area contributed by atoms with E-state index < -0.39 is 0 Å². The lowest BCUT2D eigenvalue weighted by Gasteiger charge is -2.03. The van der Waals surface area contributed by atoms with E-state index in [4.69, 9.17) is 5.26 Å². The Bertz CT molecular complexity index is 606. The lowest BCUT2D eigenvalue weighted by Crippen LogP contribution is -1.93. The minimum Gasteiger partial charge on any atom is -0.322 e. The molecule has 0 saturated heterocycles. The Balaban J connectivity index is 2.25. The number of imidazole rings is 1. The fraction of sp³-hybridized carbons (Fsp3) is 0.143. The molecule has 0 aliphatic heterocycles. The third-order valence-electron chi connectivity index (χ3n) is 2.47. The van der Waals surface area contributed by atoms with Gasteiger partial charge < -0.3 is 4.57 Å². The summed E-state index contributed by atoms with van der Waals surface area (Å²) in [5.74, 6) is 0. The van der Waals surface area contributed by atoms with Crippen LogP contribution in [-0.2, 0) is 7.05 Å². The molecule has 18 heavy (non-hydrogen) atoms. The van der Waals surface area contributed by atoms with Gasteiger partial charge in [0.2, 0.25) is 0 Å². The van der Waals surface area contributed by atoms with Crippen molar-refractivity contribution < 1.29 is 0 Å². The maximum absolute atomic E-state index is 8.78. The predicted molar refractivity (Wildman–Crippen MR) is 73.0 cm³/mol. The molecule has 1 aromatic heterocycles. The normalized spacial score (nSPS) is 11.3. The van der Waals surface area contributed by atoms with E-state index in [1.54, 1.807) is 24.9 Å². The highest BCUT2D eigenvalue weighted by molar-refractivity contribution is 7.99. The molecule has 0 unspecified atom stereocenters. The second kappa shape index (κ2) is 5.56. The molecule has 2 rings (SSSR count). The van der Waals surface area contributed by atoms with Crippen LogP contribution in [0.1, 0.15) is 12.6 Å². The number of hydrogen-bond acceptors (Lipinski definition) is 3. The summed E-state index contributed by atoms with van der Waals surface area (Å²) >= 11 is 1.61. The summed E-state index contributed by atoms with van der Waals surface area (Å²) in [5.41, 5.74) is 1.61. The highest BCUT2D eigenvalue weighted by Gasteiger charge is 2.06. The van der Waals surface area contributed by atoms with Crippen molar-refractivity contribution in [2.75, 3.05) is 0 Å². The van der Waals surface area contributed by atoms with Crippen LogP contribution in [0.4, 0.5) is 0 Å². The molecule has 1 heterocycles. The average molecular weight is 255 g/mol. The van der Waals surface area contributed by atoms with Crippen molar-refractivity contribution in [3.63, 3.8) is 0 Å². The number of rotatable bonds is 3. The quantitative estimate of drug-likeness (QED) is 0.788. The molecule has 0 radical (unpaired) electrons. The van der Waals surface area contributed by atoms with Gasteiger partial charge in [0.15, 0.2) is 5.16 Å². The predicted octanol–water partition coefficient (Wildman–Crippen LogP) is 3.50. The molecule has 0 fully saturated rings. The molecule has 0 amide bonds. The molecule has 2 aromatic rings. The molecule has 90 valence electrons. The number of benzene rings is 1. The first-order valence-corrected chi connectivity index (χ1v) is 6.35. The zero-order valence-corrected chi connectivity index (χ0v) is 11.1. The standard InChI is InChI=1S/C14H13N3S/c1-11(9-15)8-12-10-16-14(17(12)2)18-13-6-4-3-5-7-13/h3-8,10H,1-2H3/b11-8+. The summed E-state index contributed by atoms with van der Waals surface area (Å²) in [6.07, 6.45) is 3.62. The number of aromatic nitrogens is 2. The van der Waals surface area contributed by atoms with Crippen molar-refractivity contribution >= 4 is 17.8 Å². The molecular formula is C14H13N3S. The summed E-state index contributed by atoms with van der Waals surface area (Å²) in [4.78, 5) is 5.52. The second-order valence-electron chi connectivity index (χ2n) is 3.88. The summed E-state index contributed by atoms with van der Waals surface area (Å²) in [6.45, 7) is 1.79. The Morgan fingerprint density at radius 2 is 2.11 bits per heavy atom. The lowest BCUT2D eigenvalue weighted by molar-refractivity contribution is 0.783. The van der Waals surface area contributed by atoms with Crippen molar-refractivity contribution in [1.82, 2.24) is 9.55 Å². The number of hydrogen-bond donors (Lipinski definition) is 0. The summed E-state index contributed by atoms with van der Waals surface area (Å²) < 4.78 is 1.98. The van der Waals surface area contributed by atoms with Gasteiger partial charge in [0, 0.05) is 17.5 Å². The van der Waals surface area contributed by atoms with E-state index in [1.807, 2.05) is 35.9 Å². The monoisotopic (exact) mass is 255 g/mol. The van der Waals surface area contributed by atoms with Crippen LogP contribution in [0, 0.1) is 11.3 Å². The SMILES string of the molecule is C/C(C#N)=C\c1cnc(Sc2ccccc2)n1C. The van der Waals surface area contributed by atoms with E-state index in [1.165, 1.54) is 0 Å². The second-order valence-corrected chi connectivity index (χ2v) is 4.92. The Morgan fingerprint density at radius 1 is 1.39 bits per heavy atom. The molecule has 1 aromatic carbocycles. The molecule has 0 aliphatic carbocycles. The van der Waals surface area contributed by atoms with E-state index >= 15 is 0 Å². The van der Waals surface area contributed by atoms with Crippen LogP contribution in [0.15, 0.2) is 52.2 Å². The highest BCUT2D eigenvalue weighted by atomic mass is 32.2. The van der Waals surface area contributed by atoms with Crippen LogP contribution in [0.25, 0.3) is 6.08 Å². The Hall–Kier alpha value is -1.99. The van der Waals surface area contributed by atoms with Gasteiger partial charge >= 0.3 is 0 Å². The van der Waals surface area contributed by atoms with E-state index in [0.717, 1.165) is 15.7 Å². The summed E-state index contributed by atoms with van der Waals surface area (Å²) in [6, 6.07) is 12.2. The van der Waals surface area contributed by atoms with E-state index in [-0.39, 0.29) is 0 Å². The van der Waals surface area contributed by atoms with Crippen molar-refractivity contribution in [3.8, 4) is 6.07 Å². The van der Waals surface area contributed by atoms with Crippen molar-refractivity contribution in [1.29, 1.82) is 5.26 Å². The van der Waals surface area contributed by atoms with Gasteiger partial charge in [0.1, 0.15) is 0 Å². The van der Waals surface area contributed by atoms with Gasteiger partial charge in [-0.2, -0.15) is 5.26 Å². The first-order chi connectivity index (χ1) is 8.70. The smallest absolute Gasteiger partial charge is 0.173 e.